The summed E-state index contributed by atoms with van der Waals surface area (Å²) in [4.78, 5) is 77.6. The Balaban J connectivity index is 1.82. The van der Waals surface area contributed by atoms with Crippen LogP contribution in [0.3, 0.4) is 0 Å². The van der Waals surface area contributed by atoms with Crippen molar-refractivity contribution >= 4 is 35.4 Å². The maximum atomic E-state index is 13.8. The average molecular weight is 547 g/mol. The van der Waals surface area contributed by atoms with E-state index in [1.54, 1.807) is 20.8 Å². The van der Waals surface area contributed by atoms with Crippen LogP contribution in [0.15, 0.2) is 12.7 Å². The first-order valence-electron chi connectivity index (χ1n) is 13.5. The number of urea groups is 1. The summed E-state index contributed by atoms with van der Waals surface area (Å²) in [5.74, 6) is -3.47. The Labute approximate surface area is 229 Å². The first-order chi connectivity index (χ1) is 18.1. The third kappa shape index (κ3) is 6.96. The van der Waals surface area contributed by atoms with Gasteiger partial charge in [0.1, 0.15) is 12.1 Å². The first kappa shape index (κ1) is 30.1. The van der Waals surface area contributed by atoms with Crippen molar-refractivity contribution in [3.63, 3.8) is 0 Å². The van der Waals surface area contributed by atoms with Crippen LogP contribution >= 0.6 is 0 Å². The third-order valence-corrected chi connectivity index (χ3v) is 8.19. The highest BCUT2D eigenvalue weighted by atomic mass is 16.2. The molecule has 1 heterocycles. The number of primary amides is 1. The van der Waals surface area contributed by atoms with Gasteiger partial charge in [-0.15, -0.1) is 0 Å². The fraction of sp³-hybridized carbons (Fsp3) is 0.704. The lowest BCUT2D eigenvalue weighted by Crippen LogP contribution is -2.61. The Hall–Kier alpha value is -3.44. The van der Waals surface area contributed by atoms with Crippen molar-refractivity contribution in [3.05, 3.63) is 12.7 Å². The molecule has 2 saturated carbocycles. The average Bonchev–Trinajstić information content (AvgIpc) is 3.14. The minimum Gasteiger partial charge on any atom is -0.363 e. The van der Waals surface area contributed by atoms with Crippen molar-refractivity contribution in [3.8, 4) is 0 Å². The zero-order valence-corrected chi connectivity index (χ0v) is 23.5. The predicted octanol–water partition coefficient (Wildman–Crippen LogP) is -0.0327. The van der Waals surface area contributed by atoms with Gasteiger partial charge in [-0.2, -0.15) is 0 Å². The number of ketones is 1. The fourth-order valence-electron chi connectivity index (χ4n) is 5.75. The van der Waals surface area contributed by atoms with Crippen LogP contribution in [0.2, 0.25) is 0 Å². The summed E-state index contributed by atoms with van der Waals surface area (Å²) in [6.07, 6.45) is 4.21. The number of hydrogen-bond acceptors (Lipinski definition) is 6. The molecule has 12 nitrogen and oxygen atoms in total. The standard InChI is InChI=1S/C27H42N6O6/c1-7-18(34)29-12-17(31-25(39)32-26(2,3)4)24(38)33-13-15-19(27(15,5)6)20(33)23(37)30-16(21(35)22(28)36)11-14-9-8-10-14/h7,14-17,19-20H,1,8-13H2,2-6H3,(H2,28,36)(H,29,34)(H,30,37)(H2,31,32,39)/t15?,16?,17-,19?,20-/m0/s1. The molecule has 1 saturated heterocycles. The lowest BCUT2D eigenvalue weighted by atomic mass is 9.80. The number of carbonyl (C=O) groups excluding carboxylic acids is 6. The molecular formula is C27H42N6O6. The zero-order chi connectivity index (χ0) is 29.3. The van der Waals surface area contributed by atoms with E-state index in [0.29, 0.717) is 6.42 Å². The van der Waals surface area contributed by atoms with E-state index in [1.807, 2.05) is 13.8 Å². The molecule has 0 spiro atoms. The molecule has 216 valence electrons. The Kier molecular flexibility index (Phi) is 8.76. The molecule has 1 aliphatic heterocycles. The van der Waals surface area contributed by atoms with Crippen LogP contribution in [0, 0.1) is 23.2 Å². The normalized spacial score (nSPS) is 24.7. The number of piperidine rings is 1. The van der Waals surface area contributed by atoms with Crippen molar-refractivity contribution in [2.75, 3.05) is 13.1 Å². The van der Waals surface area contributed by atoms with Crippen molar-refractivity contribution < 1.29 is 28.8 Å². The number of nitrogens with one attached hydrogen (secondary N) is 4. The van der Waals surface area contributed by atoms with E-state index in [2.05, 4.69) is 27.8 Å². The van der Waals surface area contributed by atoms with Crippen LogP contribution in [0.25, 0.3) is 0 Å². The van der Waals surface area contributed by atoms with Gasteiger partial charge < -0.3 is 31.9 Å². The number of carbonyl (C=O) groups is 6. The summed E-state index contributed by atoms with van der Waals surface area (Å²) in [6, 6.07) is -3.74. The number of nitrogens with zero attached hydrogens (tertiary/aromatic N) is 1. The molecule has 0 bridgehead atoms. The second-order valence-electron chi connectivity index (χ2n) is 12.6. The summed E-state index contributed by atoms with van der Waals surface area (Å²) in [7, 11) is 0. The van der Waals surface area contributed by atoms with E-state index in [9.17, 15) is 28.8 Å². The van der Waals surface area contributed by atoms with E-state index in [1.165, 1.54) is 4.90 Å². The van der Waals surface area contributed by atoms with Gasteiger partial charge >= 0.3 is 6.03 Å². The second kappa shape index (κ2) is 11.4. The topological polar surface area (TPSA) is 180 Å². The predicted molar refractivity (Wildman–Crippen MR) is 143 cm³/mol. The highest BCUT2D eigenvalue weighted by Gasteiger charge is 2.69. The van der Waals surface area contributed by atoms with Crippen molar-refractivity contribution in [1.82, 2.24) is 26.2 Å². The van der Waals surface area contributed by atoms with Crippen LogP contribution in [-0.4, -0.2) is 77.1 Å². The number of hydrogen-bond donors (Lipinski definition) is 5. The van der Waals surface area contributed by atoms with Gasteiger partial charge in [-0.25, -0.2) is 4.79 Å². The molecular weight excluding hydrogens is 504 g/mol. The van der Waals surface area contributed by atoms with Crippen LogP contribution < -0.4 is 27.0 Å². The summed E-state index contributed by atoms with van der Waals surface area (Å²) in [5, 5.41) is 10.6. The quantitative estimate of drug-likeness (QED) is 0.179. The van der Waals surface area contributed by atoms with Gasteiger partial charge in [-0.3, -0.25) is 24.0 Å². The number of rotatable bonds is 11. The molecule has 0 aromatic rings. The number of Topliss-reactive ketones (excluding diaryl/α,β-unsaturated/α-hetero) is 1. The number of fused-ring (bicyclic) bond motifs is 1. The van der Waals surface area contributed by atoms with Gasteiger partial charge in [0, 0.05) is 18.6 Å². The van der Waals surface area contributed by atoms with E-state index >= 15 is 0 Å². The molecule has 12 heteroatoms. The van der Waals surface area contributed by atoms with E-state index in [4.69, 9.17) is 5.73 Å². The van der Waals surface area contributed by atoms with Crippen LogP contribution in [0.5, 0.6) is 0 Å². The number of nitrogens with two attached hydrogens (primary N) is 1. The molecule has 3 rings (SSSR count). The van der Waals surface area contributed by atoms with Crippen molar-refractivity contribution in [2.45, 2.75) is 84.0 Å². The Morgan fingerprint density at radius 1 is 1.08 bits per heavy atom. The molecule has 0 aromatic heterocycles. The SMILES string of the molecule is C=CC(=O)NC[C@H](NC(=O)NC(C)(C)C)C(=O)N1CC2C([C@H]1C(=O)NC(CC1CCC1)C(=O)C(N)=O)C2(C)C. The molecule has 2 aliphatic carbocycles. The Morgan fingerprint density at radius 3 is 2.23 bits per heavy atom. The zero-order valence-electron chi connectivity index (χ0n) is 23.5. The summed E-state index contributed by atoms with van der Waals surface area (Å²) >= 11 is 0. The van der Waals surface area contributed by atoms with E-state index in [-0.39, 0.29) is 36.3 Å². The van der Waals surface area contributed by atoms with Gasteiger partial charge in [0.25, 0.3) is 5.91 Å². The van der Waals surface area contributed by atoms with Crippen molar-refractivity contribution in [1.29, 1.82) is 0 Å². The Morgan fingerprint density at radius 2 is 1.72 bits per heavy atom. The van der Waals surface area contributed by atoms with Gasteiger partial charge in [-0.1, -0.05) is 39.7 Å². The molecule has 39 heavy (non-hydrogen) atoms. The van der Waals surface area contributed by atoms with Gasteiger partial charge in [-0.05, 0) is 56.4 Å². The lowest BCUT2D eigenvalue weighted by Gasteiger charge is -2.35. The minimum atomic E-state index is -1.16. The minimum absolute atomic E-state index is 0.0425. The summed E-state index contributed by atoms with van der Waals surface area (Å²) < 4.78 is 0. The number of amides is 6. The fourth-order valence-corrected chi connectivity index (χ4v) is 5.75. The maximum absolute atomic E-state index is 13.8. The second-order valence-corrected chi connectivity index (χ2v) is 12.6. The Bertz CT molecular complexity index is 1050. The van der Waals surface area contributed by atoms with Crippen LogP contribution in [0.4, 0.5) is 4.79 Å². The van der Waals surface area contributed by atoms with Crippen molar-refractivity contribution in [2.24, 2.45) is 28.9 Å². The molecule has 3 unspecified atom stereocenters. The van der Waals surface area contributed by atoms with Crippen LogP contribution in [0.1, 0.15) is 60.3 Å². The molecule has 0 radical (unpaired) electrons. The largest absolute Gasteiger partial charge is 0.363 e. The lowest BCUT2D eigenvalue weighted by molar-refractivity contribution is -0.143. The third-order valence-electron chi connectivity index (χ3n) is 8.19. The molecule has 6 amide bonds. The number of likely N-dealkylation sites (tertiary alicyclic amines) is 1. The highest BCUT2D eigenvalue weighted by Crippen LogP contribution is 2.64. The van der Waals surface area contributed by atoms with Gasteiger partial charge in [0.2, 0.25) is 23.5 Å². The van der Waals surface area contributed by atoms with Gasteiger partial charge in [0.15, 0.2) is 0 Å². The van der Waals surface area contributed by atoms with Gasteiger partial charge in [0.05, 0.1) is 6.04 Å². The summed E-state index contributed by atoms with van der Waals surface area (Å²) in [5.41, 5.74) is 4.48. The molecule has 6 N–H and O–H groups in total. The monoisotopic (exact) mass is 546 g/mol. The summed E-state index contributed by atoms with van der Waals surface area (Å²) in [6.45, 7) is 12.9. The van der Waals surface area contributed by atoms with E-state index < -0.39 is 59.1 Å². The smallest absolute Gasteiger partial charge is 0.315 e. The van der Waals surface area contributed by atoms with E-state index in [0.717, 1.165) is 25.3 Å². The molecule has 3 aliphatic rings. The molecule has 3 fully saturated rings. The first-order valence-corrected chi connectivity index (χ1v) is 13.5. The molecule has 5 atom stereocenters. The molecule has 0 aromatic carbocycles. The highest BCUT2D eigenvalue weighted by molar-refractivity contribution is 6.37. The maximum Gasteiger partial charge on any atom is 0.315 e. The van der Waals surface area contributed by atoms with Crippen LogP contribution in [-0.2, 0) is 24.0 Å².